The predicted molar refractivity (Wildman–Crippen MR) is 91.9 cm³/mol. The first-order valence-electron chi connectivity index (χ1n) is 7.29. The Morgan fingerprint density at radius 3 is 2.62 bits per heavy atom. The zero-order valence-electron chi connectivity index (χ0n) is 13.2. The molecule has 126 valence electrons. The summed E-state index contributed by atoms with van der Waals surface area (Å²) in [6.45, 7) is 0.502. The molecule has 1 amide bonds. The molecule has 1 aliphatic rings. The third kappa shape index (κ3) is 2.90. The normalized spacial score (nSPS) is 14.1. The van der Waals surface area contributed by atoms with Crippen LogP contribution in [-0.2, 0) is 16.4 Å². The third-order valence-electron chi connectivity index (χ3n) is 3.95. The molecule has 24 heavy (non-hydrogen) atoms. The number of amides is 1. The molecule has 0 N–H and O–H groups in total. The molecule has 2 heterocycles. The number of pyridine rings is 1. The summed E-state index contributed by atoms with van der Waals surface area (Å²) < 4.78 is 25.8. The Kier molecular flexibility index (Phi) is 4.33. The molecule has 0 spiro atoms. The summed E-state index contributed by atoms with van der Waals surface area (Å²) in [5.41, 5.74) is 1.98. The standard InChI is InChI=1S/C16H16ClN3O3S/c1-19(2)24(22,23)13-5-3-11-7-8-20(14(11)9-13)16(21)12-4-6-15(17)18-10-12/h3-6,9-10H,7-8H2,1-2H3. The van der Waals surface area contributed by atoms with Crippen LogP contribution >= 0.6 is 11.6 Å². The van der Waals surface area contributed by atoms with Gasteiger partial charge in [0.25, 0.3) is 5.91 Å². The smallest absolute Gasteiger partial charge is 0.259 e. The molecule has 3 rings (SSSR count). The highest BCUT2D eigenvalue weighted by Crippen LogP contribution is 2.32. The summed E-state index contributed by atoms with van der Waals surface area (Å²) in [5, 5.41) is 0.313. The van der Waals surface area contributed by atoms with Crippen molar-refractivity contribution in [2.45, 2.75) is 11.3 Å². The van der Waals surface area contributed by atoms with Crippen molar-refractivity contribution in [2.75, 3.05) is 25.5 Å². The first-order chi connectivity index (χ1) is 11.3. The van der Waals surface area contributed by atoms with Crippen molar-refractivity contribution >= 4 is 33.2 Å². The highest BCUT2D eigenvalue weighted by molar-refractivity contribution is 7.89. The number of benzene rings is 1. The van der Waals surface area contributed by atoms with Crippen molar-refractivity contribution in [1.82, 2.24) is 9.29 Å². The predicted octanol–water partition coefficient (Wildman–Crippen LogP) is 2.19. The average molecular weight is 366 g/mol. The molecule has 0 unspecified atom stereocenters. The van der Waals surface area contributed by atoms with E-state index >= 15 is 0 Å². The number of anilines is 1. The largest absolute Gasteiger partial charge is 0.308 e. The minimum absolute atomic E-state index is 0.167. The van der Waals surface area contributed by atoms with E-state index in [0.717, 1.165) is 9.87 Å². The van der Waals surface area contributed by atoms with Gasteiger partial charge in [-0.1, -0.05) is 17.7 Å². The summed E-state index contributed by atoms with van der Waals surface area (Å²) in [6.07, 6.45) is 2.10. The zero-order chi connectivity index (χ0) is 17.5. The first kappa shape index (κ1) is 16.9. The maximum Gasteiger partial charge on any atom is 0.259 e. The van der Waals surface area contributed by atoms with Crippen LogP contribution in [0, 0.1) is 0 Å². The minimum Gasteiger partial charge on any atom is -0.308 e. The number of halogens is 1. The van der Waals surface area contributed by atoms with Crippen LogP contribution in [0.1, 0.15) is 15.9 Å². The fourth-order valence-electron chi connectivity index (χ4n) is 2.60. The minimum atomic E-state index is -3.55. The van der Waals surface area contributed by atoms with Crippen LogP contribution in [0.4, 0.5) is 5.69 Å². The Morgan fingerprint density at radius 1 is 1.25 bits per heavy atom. The number of sulfonamides is 1. The second-order valence-corrected chi connectivity index (χ2v) is 8.19. The number of carbonyl (C=O) groups is 1. The summed E-state index contributed by atoms with van der Waals surface area (Å²) in [6, 6.07) is 8.05. The molecular formula is C16H16ClN3O3S. The van der Waals surface area contributed by atoms with Crippen LogP contribution in [-0.4, -0.2) is 44.3 Å². The van der Waals surface area contributed by atoms with E-state index in [1.54, 1.807) is 35.2 Å². The zero-order valence-corrected chi connectivity index (χ0v) is 14.8. The molecule has 0 atom stereocenters. The van der Waals surface area contributed by atoms with Gasteiger partial charge in [-0.25, -0.2) is 17.7 Å². The van der Waals surface area contributed by atoms with E-state index in [9.17, 15) is 13.2 Å². The number of hydrogen-bond acceptors (Lipinski definition) is 4. The molecule has 0 saturated heterocycles. The van der Waals surface area contributed by atoms with Crippen molar-refractivity contribution < 1.29 is 13.2 Å². The molecule has 6 nitrogen and oxygen atoms in total. The molecular weight excluding hydrogens is 350 g/mol. The highest BCUT2D eigenvalue weighted by atomic mass is 35.5. The molecule has 0 saturated carbocycles. The van der Waals surface area contributed by atoms with E-state index < -0.39 is 10.0 Å². The fraction of sp³-hybridized carbons (Fsp3) is 0.250. The monoisotopic (exact) mass is 365 g/mol. The highest BCUT2D eigenvalue weighted by Gasteiger charge is 2.28. The Hall–Kier alpha value is -1.96. The summed E-state index contributed by atoms with van der Waals surface area (Å²) in [4.78, 5) is 18.4. The van der Waals surface area contributed by atoms with E-state index in [1.807, 2.05) is 0 Å². The lowest BCUT2D eigenvalue weighted by molar-refractivity contribution is 0.0989. The molecule has 1 aliphatic heterocycles. The maximum absolute atomic E-state index is 12.7. The first-order valence-corrected chi connectivity index (χ1v) is 9.11. The van der Waals surface area contributed by atoms with Crippen LogP contribution < -0.4 is 4.90 Å². The van der Waals surface area contributed by atoms with E-state index in [2.05, 4.69) is 4.98 Å². The van der Waals surface area contributed by atoms with Crippen molar-refractivity contribution in [1.29, 1.82) is 0 Å². The number of carbonyl (C=O) groups excluding carboxylic acids is 1. The fourth-order valence-corrected chi connectivity index (χ4v) is 3.63. The summed E-state index contributed by atoms with van der Waals surface area (Å²) in [5.74, 6) is -0.225. The van der Waals surface area contributed by atoms with Crippen molar-refractivity contribution in [3.05, 3.63) is 52.8 Å². The molecule has 0 bridgehead atoms. The number of fused-ring (bicyclic) bond motifs is 1. The van der Waals surface area contributed by atoms with Crippen LogP contribution in [0.5, 0.6) is 0 Å². The molecule has 2 aromatic rings. The van der Waals surface area contributed by atoms with Gasteiger partial charge in [-0.3, -0.25) is 4.79 Å². The van der Waals surface area contributed by atoms with E-state index in [-0.39, 0.29) is 10.8 Å². The van der Waals surface area contributed by atoms with Gasteiger partial charge in [-0.05, 0) is 36.2 Å². The molecule has 1 aromatic heterocycles. The van der Waals surface area contributed by atoms with Gasteiger partial charge >= 0.3 is 0 Å². The maximum atomic E-state index is 12.7. The van der Waals surface area contributed by atoms with Gasteiger partial charge < -0.3 is 4.90 Å². The molecule has 0 aliphatic carbocycles. The molecule has 1 aromatic carbocycles. The van der Waals surface area contributed by atoms with E-state index in [0.29, 0.717) is 29.4 Å². The van der Waals surface area contributed by atoms with E-state index in [1.165, 1.54) is 20.3 Å². The van der Waals surface area contributed by atoms with Crippen LogP contribution in [0.3, 0.4) is 0 Å². The summed E-state index contributed by atoms with van der Waals surface area (Å²) >= 11 is 5.75. The lowest BCUT2D eigenvalue weighted by Crippen LogP contribution is -2.29. The van der Waals surface area contributed by atoms with Gasteiger partial charge in [0.15, 0.2) is 0 Å². The number of aromatic nitrogens is 1. The van der Waals surface area contributed by atoms with Crippen LogP contribution in [0.25, 0.3) is 0 Å². The van der Waals surface area contributed by atoms with Crippen molar-refractivity contribution in [3.63, 3.8) is 0 Å². The number of rotatable bonds is 3. The van der Waals surface area contributed by atoms with Crippen LogP contribution in [0.15, 0.2) is 41.4 Å². The lowest BCUT2D eigenvalue weighted by Gasteiger charge is -2.19. The quantitative estimate of drug-likeness (QED) is 0.782. The topological polar surface area (TPSA) is 70.6 Å². The summed E-state index contributed by atoms with van der Waals surface area (Å²) in [7, 11) is -0.598. The Bertz CT molecular complexity index is 895. The lowest BCUT2D eigenvalue weighted by atomic mass is 10.2. The van der Waals surface area contributed by atoms with Gasteiger partial charge in [0.2, 0.25) is 10.0 Å². The average Bonchev–Trinajstić information content (AvgIpc) is 2.97. The van der Waals surface area contributed by atoms with Gasteiger partial charge in [0, 0.05) is 32.5 Å². The van der Waals surface area contributed by atoms with Crippen molar-refractivity contribution in [3.8, 4) is 0 Å². The van der Waals surface area contributed by atoms with Crippen LogP contribution in [0.2, 0.25) is 5.15 Å². The second-order valence-electron chi connectivity index (χ2n) is 5.65. The molecule has 0 fully saturated rings. The van der Waals surface area contributed by atoms with E-state index in [4.69, 9.17) is 11.6 Å². The van der Waals surface area contributed by atoms with Gasteiger partial charge in [0.05, 0.1) is 10.5 Å². The molecule has 0 radical (unpaired) electrons. The Morgan fingerprint density at radius 2 is 2.00 bits per heavy atom. The van der Waals surface area contributed by atoms with Gasteiger partial charge in [0.1, 0.15) is 5.15 Å². The Balaban J connectivity index is 1.99. The number of nitrogens with zero attached hydrogens (tertiary/aromatic N) is 3. The van der Waals surface area contributed by atoms with Gasteiger partial charge in [-0.15, -0.1) is 0 Å². The molecule has 8 heteroatoms. The Labute approximate surface area is 145 Å². The number of hydrogen-bond donors (Lipinski definition) is 0. The van der Waals surface area contributed by atoms with Gasteiger partial charge in [-0.2, -0.15) is 0 Å². The SMILES string of the molecule is CN(C)S(=O)(=O)c1ccc2c(c1)N(C(=O)c1ccc(Cl)nc1)CC2. The third-order valence-corrected chi connectivity index (χ3v) is 5.99. The second kappa shape index (κ2) is 6.16. The van der Waals surface area contributed by atoms with Crippen molar-refractivity contribution in [2.24, 2.45) is 0 Å².